The standard InChI is InChI=1S/C19H24N4O/c1-13-12-17(22(2)21-13)23-11-10-16(19(23)24)20-18(15-8-9-15)14-6-4-3-5-7-14/h3-7,12,15-16,18,20H,8-11H2,1-2H3/t16-,18+/m0/s1. The van der Waals surface area contributed by atoms with E-state index in [-0.39, 0.29) is 18.0 Å². The van der Waals surface area contributed by atoms with Gasteiger partial charge >= 0.3 is 0 Å². The first-order valence-corrected chi connectivity index (χ1v) is 8.76. The number of benzene rings is 1. The van der Waals surface area contributed by atoms with Crippen molar-refractivity contribution in [1.29, 1.82) is 0 Å². The lowest BCUT2D eigenvalue weighted by Gasteiger charge is -2.23. The highest BCUT2D eigenvalue weighted by molar-refractivity contribution is 5.98. The van der Waals surface area contributed by atoms with Gasteiger partial charge in [0.25, 0.3) is 0 Å². The Bertz CT molecular complexity index is 735. The number of amides is 1. The second-order valence-corrected chi connectivity index (χ2v) is 6.99. The zero-order valence-electron chi connectivity index (χ0n) is 14.3. The number of carbonyl (C=O) groups is 1. The van der Waals surface area contributed by atoms with Gasteiger partial charge in [0.05, 0.1) is 11.7 Å². The summed E-state index contributed by atoms with van der Waals surface area (Å²) < 4.78 is 1.80. The highest BCUT2D eigenvalue weighted by atomic mass is 16.2. The fourth-order valence-corrected chi connectivity index (χ4v) is 3.72. The summed E-state index contributed by atoms with van der Waals surface area (Å²) in [5.41, 5.74) is 2.24. The Balaban J connectivity index is 1.51. The molecule has 2 atom stereocenters. The predicted molar refractivity (Wildman–Crippen MR) is 93.7 cm³/mol. The molecule has 1 aliphatic carbocycles. The zero-order chi connectivity index (χ0) is 16.7. The van der Waals surface area contributed by atoms with Crippen molar-refractivity contribution in [2.75, 3.05) is 11.4 Å². The molecule has 5 nitrogen and oxygen atoms in total. The van der Waals surface area contributed by atoms with Gasteiger partial charge in [0.1, 0.15) is 5.82 Å². The van der Waals surface area contributed by atoms with E-state index >= 15 is 0 Å². The molecule has 2 heterocycles. The lowest BCUT2D eigenvalue weighted by atomic mass is 10.0. The summed E-state index contributed by atoms with van der Waals surface area (Å²) in [5.74, 6) is 1.72. The van der Waals surface area contributed by atoms with Crippen LogP contribution < -0.4 is 10.2 Å². The van der Waals surface area contributed by atoms with Crippen LogP contribution >= 0.6 is 0 Å². The molecule has 1 aliphatic heterocycles. The fourth-order valence-electron chi connectivity index (χ4n) is 3.72. The number of anilines is 1. The first-order valence-electron chi connectivity index (χ1n) is 8.76. The van der Waals surface area contributed by atoms with Crippen molar-refractivity contribution in [3.05, 3.63) is 47.7 Å². The van der Waals surface area contributed by atoms with Crippen molar-refractivity contribution < 1.29 is 4.79 Å². The van der Waals surface area contributed by atoms with Crippen LogP contribution in [0.25, 0.3) is 0 Å². The largest absolute Gasteiger partial charge is 0.299 e. The lowest BCUT2D eigenvalue weighted by molar-refractivity contribution is -0.119. The second kappa shape index (κ2) is 6.06. The van der Waals surface area contributed by atoms with Crippen LogP contribution in [0, 0.1) is 12.8 Å². The number of rotatable bonds is 5. The summed E-state index contributed by atoms with van der Waals surface area (Å²) in [6.07, 6.45) is 3.34. The Hall–Kier alpha value is -2.14. The predicted octanol–water partition coefficient (Wildman–Crippen LogP) is 2.57. The minimum atomic E-state index is -0.106. The van der Waals surface area contributed by atoms with Crippen LogP contribution in [0.1, 0.15) is 36.6 Å². The quantitative estimate of drug-likeness (QED) is 0.920. The van der Waals surface area contributed by atoms with Crippen molar-refractivity contribution in [2.24, 2.45) is 13.0 Å². The van der Waals surface area contributed by atoms with Gasteiger partial charge in [-0.3, -0.25) is 19.7 Å². The van der Waals surface area contributed by atoms with Gasteiger partial charge in [-0.25, -0.2) is 0 Å². The number of nitrogens with one attached hydrogen (secondary N) is 1. The van der Waals surface area contributed by atoms with E-state index in [0.29, 0.717) is 5.92 Å². The van der Waals surface area contributed by atoms with Crippen molar-refractivity contribution >= 4 is 11.7 Å². The van der Waals surface area contributed by atoms with E-state index in [1.54, 1.807) is 4.68 Å². The molecule has 1 amide bonds. The van der Waals surface area contributed by atoms with E-state index in [9.17, 15) is 4.79 Å². The Morgan fingerprint density at radius 1 is 1.21 bits per heavy atom. The molecule has 2 fully saturated rings. The molecule has 24 heavy (non-hydrogen) atoms. The van der Waals surface area contributed by atoms with Gasteiger partial charge in [-0.2, -0.15) is 5.10 Å². The third kappa shape index (κ3) is 2.84. The van der Waals surface area contributed by atoms with Gasteiger partial charge in [0, 0.05) is 25.7 Å². The zero-order valence-corrected chi connectivity index (χ0v) is 14.3. The van der Waals surface area contributed by atoms with Crippen molar-refractivity contribution in [1.82, 2.24) is 15.1 Å². The molecule has 0 unspecified atom stereocenters. The van der Waals surface area contributed by atoms with Crippen molar-refractivity contribution in [2.45, 2.75) is 38.3 Å². The molecule has 1 N–H and O–H groups in total. The van der Waals surface area contributed by atoms with Crippen LogP contribution in [0.5, 0.6) is 0 Å². The monoisotopic (exact) mass is 324 g/mol. The fraction of sp³-hybridized carbons (Fsp3) is 0.474. The van der Waals surface area contributed by atoms with Crippen molar-refractivity contribution in [3.63, 3.8) is 0 Å². The summed E-state index contributed by atoms with van der Waals surface area (Å²) in [4.78, 5) is 14.8. The van der Waals surface area contributed by atoms with Crippen LogP contribution in [0.15, 0.2) is 36.4 Å². The summed E-state index contributed by atoms with van der Waals surface area (Å²) in [5, 5.41) is 8.01. The van der Waals surface area contributed by atoms with Crippen LogP contribution in [0.4, 0.5) is 5.82 Å². The minimum absolute atomic E-state index is 0.106. The maximum Gasteiger partial charge on any atom is 0.245 e. The van der Waals surface area contributed by atoms with E-state index < -0.39 is 0 Å². The molecule has 0 radical (unpaired) electrons. The Morgan fingerprint density at radius 2 is 1.96 bits per heavy atom. The van der Waals surface area contributed by atoms with Gasteiger partial charge in [-0.05, 0) is 37.7 Å². The van der Waals surface area contributed by atoms with E-state index in [1.165, 1.54) is 18.4 Å². The van der Waals surface area contributed by atoms with Gasteiger partial charge in [-0.1, -0.05) is 30.3 Å². The first-order chi connectivity index (χ1) is 11.6. The summed E-state index contributed by atoms with van der Waals surface area (Å²) >= 11 is 0. The maximum absolute atomic E-state index is 12.9. The molecule has 4 rings (SSSR count). The number of hydrogen-bond acceptors (Lipinski definition) is 3. The van der Waals surface area contributed by atoms with Crippen LogP contribution in [-0.2, 0) is 11.8 Å². The SMILES string of the molecule is Cc1cc(N2CC[C@H](N[C@H](c3ccccc3)C3CC3)C2=O)n(C)n1. The highest BCUT2D eigenvalue weighted by Gasteiger charge is 2.39. The number of nitrogens with zero attached hydrogens (tertiary/aromatic N) is 3. The number of aromatic nitrogens is 2. The first kappa shape index (κ1) is 15.4. The summed E-state index contributed by atoms with van der Waals surface area (Å²) in [6, 6.07) is 12.7. The van der Waals surface area contributed by atoms with Crippen LogP contribution in [0.3, 0.4) is 0 Å². The molecule has 0 bridgehead atoms. The smallest absolute Gasteiger partial charge is 0.245 e. The molecule has 126 valence electrons. The Morgan fingerprint density at radius 3 is 2.58 bits per heavy atom. The molecule has 5 heteroatoms. The third-order valence-electron chi connectivity index (χ3n) is 5.09. The lowest BCUT2D eigenvalue weighted by Crippen LogP contribution is -2.41. The number of hydrogen-bond donors (Lipinski definition) is 1. The molecular weight excluding hydrogens is 300 g/mol. The average Bonchev–Trinajstić information content (AvgIpc) is 3.28. The van der Waals surface area contributed by atoms with E-state index in [4.69, 9.17) is 0 Å². The Labute approximate surface area is 142 Å². The molecular formula is C19H24N4O. The maximum atomic E-state index is 12.9. The topological polar surface area (TPSA) is 50.2 Å². The van der Waals surface area contributed by atoms with Crippen LogP contribution in [0.2, 0.25) is 0 Å². The second-order valence-electron chi connectivity index (χ2n) is 6.99. The Kier molecular flexibility index (Phi) is 3.88. The van der Waals surface area contributed by atoms with Gasteiger partial charge in [0.15, 0.2) is 0 Å². The third-order valence-corrected chi connectivity index (χ3v) is 5.09. The molecule has 2 aliphatic rings. The van der Waals surface area contributed by atoms with Crippen molar-refractivity contribution in [3.8, 4) is 0 Å². The molecule has 1 saturated heterocycles. The van der Waals surface area contributed by atoms with E-state index in [1.807, 2.05) is 31.0 Å². The van der Waals surface area contributed by atoms with Gasteiger partial charge in [0.2, 0.25) is 5.91 Å². The minimum Gasteiger partial charge on any atom is -0.299 e. The normalized spacial score (nSPS) is 22.2. The van der Waals surface area contributed by atoms with E-state index in [2.05, 4.69) is 34.7 Å². The molecule has 1 aromatic heterocycles. The number of aryl methyl sites for hydroxylation is 2. The summed E-state index contributed by atoms with van der Waals surface area (Å²) in [6.45, 7) is 2.71. The molecule has 1 aromatic carbocycles. The average molecular weight is 324 g/mol. The van der Waals surface area contributed by atoms with Gasteiger partial charge < -0.3 is 0 Å². The van der Waals surface area contributed by atoms with Crippen LogP contribution in [-0.4, -0.2) is 28.3 Å². The molecule has 2 aromatic rings. The summed E-state index contributed by atoms with van der Waals surface area (Å²) in [7, 11) is 1.90. The molecule has 0 spiro atoms. The highest BCUT2D eigenvalue weighted by Crippen LogP contribution is 2.41. The van der Waals surface area contributed by atoms with E-state index in [0.717, 1.165) is 24.5 Å². The molecule has 1 saturated carbocycles. The van der Waals surface area contributed by atoms with Gasteiger partial charge in [-0.15, -0.1) is 0 Å². The number of carbonyl (C=O) groups excluding carboxylic acids is 1.